The number of para-hydroxylation sites is 2. The van der Waals surface area contributed by atoms with Crippen molar-refractivity contribution in [3.8, 4) is 5.75 Å². The summed E-state index contributed by atoms with van der Waals surface area (Å²) in [6, 6.07) is 14.4. The molecular weight excluding hydrogens is 330 g/mol. The van der Waals surface area contributed by atoms with Crippen LogP contribution in [0.3, 0.4) is 0 Å². The Balaban J connectivity index is 1.66. The van der Waals surface area contributed by atoms with Crippen LogP contribution in [0.25, 0.3) is 0 Å². The Bertz CT molecular complexity index is 806. The molecule has 0 radical (unpaired) electrons. The zero-order valence-electron chi connectivity index (χ0n) is 15.0. The van der Waals surface area contributed by atoms with Gasteiger partial charge in [-0.2, -0.15) is 0 Å². The lowest BCUT2D eigenvalue weighted by molar-refractivity contribution is -0.117. The van der Waals surface area contributed by atoms with Crippen LogP contribution in [0, 0.1) is 0 Å². The fourth-order valence-electron chi connectivity index (χ4n) is 2.99. The Morgan fingerprint density at radius 2 is 2.00 bits per heavy atom. The lowest BCUT2D eigenvalue weighted by atomic mass is 10.2. The van der Waals surface area contributed by atoms with Gasteiger partial charge >= 0.3 is 0 Å². The van der Waals surface area contributed by atoms with E-state index in [2.05, 4.69) is 10.6 Å². The SMILES string of the molecule is COc1ccccc1NC(=O)C(C)Nc1cccc(N2CCCC2=O)c1. The standard InChI is InChI=1S/C20H23N3O3/c1-14(20(25)22-17-9-3-4-10-18(17)26-2)21-15-7-5-8-16(13-15)23-12-6-11-19(23)24/h3-5,7-10,13-14,21H,6,11-12H2,1-2H3,(H,22,25). The quantitative estimate of drug-likeness (QED) is 0.836. The van der Waals surface area contributed by atoms with Crippen LogP contribution in [0.1, 0.15) is 19.8 Å². The van der Waals surface area contributed by atoms with Crippen LogP contribution in [-0.4, -0.2) is 31.5 Å². The maximum atomic E-state index is 12.5. The highest BCUT2D eigenvalue weighted by Gasteiger charge is 2.22. The minimum absolute atomic E-state index is 0.143. The van der Waals surface area contributed by atoms with Crippen molar-refractivity contribution in [1.82, 2.24) is 0 Å². The van der Waals surface area contributed by atoms with E-state index in [-0.39, 0.29) is 11.8 Å². The van der Waals surface area contributed by atoms with Gasteiger partial charge in [-0.05, 0) is 43.7 Å². The maximum Gasteiger partial charge on any atom is 0.246 e. The fraction of sp³-hybridized carbons (Fsp3) is 0.300. The van der Waals surface area contributed by atoms with E-state index in [1.165, 1.54) is 0 Å². The highest BCUT2D eigenvalue weighted by molar-refractivity contribution is 5.98. The summed E-state index contributed by atoms with van der Waals surface area (Å²) in [6.07, 6.45) is 1.48. The van der Waals surface area contributed by atoms with Gasteiger partial charge in [-0.25, -0.2) is 0 Å². The largest absolute Gasteiger partial charge is 0.495 e. The molecule has 2 amide bonds. The summed E-state index contributed by atoms with van der Waals surface area (Å²) in [5.74, 6) is 0.587. The minimum Gasteiger partial charge on any atom is -0.495 e. The second-order valence-electron chi connectivity index (χ2n) is 6.25. The van der Waals surface area contributed by atoms with Gasteiger partial charge in [-0.3, -0.25) is 9.59 Å². The van der Waals surface area contributed by atoms with E-state index in [4.69, 9.17) is 4.74 Å². The molecule has 0 saturated carbocycles. The van der Waals surface area contributed by atoms with E-state index in [1.807, 2.05) is 36.4 Å². The molecule has 26 heavy (non-hydrogen) atoms. The Morgan fingerprint density at radius 1 is 1.19 bits per heavy atom. The summed E-state index contributed by atoms with van der Waals surface area (Å²) in [5, 5.41) is 6.05. The van der Waals surface area contributed by atoms with Crippen molar-refractivity contribution in [2.45, 2.75) is 25.8 Å². The van der Waals surface area contributed by atoms with Crippen molar-refractivity contribution >= 4 is 28.9 Å². The second kappa shape index (κ2) is 7.91. The molecule has 1 unspecified atom stereocenters. The molecule has 1 aliphatic heterocycles. The first-order valence-corrected chi connectivity index (χ1v) is 8.69. The van der Waals surface area contributed by atoms with Crippen molar-refractivity contribution in [2.24, 2.45) is 0 Å². The second-order valence-corrected chi connectivity index (χ2v) is 6.25. The summed E-state index contributed by atoms with van der Waals surface area (Å²) in [6.45, 7) is 2.53. The highest BCUT2D eigenvalue weighted by atomic mass is 16.5. The van der Waals surface area contributed by atoms with Crippen LogP contribution in [0.2, 0.25) is 0 Å². The molecule has 3 rings (SSSR count). The molecule has 6 heteroatoms. The Morgan fingerprint density at radius 3 is 2.73 bits per heavy atom. The predicted octanol–water partition coefficient (Wildman–Crippen LogP) is 3.26. The van der Waals surface area contributed by atoms with Gasteiger partial charge in [-0.1, -0.05) is 18.2 Å². The van der Waals surface area contributed by atoms with Crippen LogP contribution < -0.4 is 20.3 Å². The molecule has 1 atom stereocenters. The average molecular weight is 353 g/mol. The smallest absolute Gasteiger partial charge is 0.246 e. The fourth-order valence-corrected chi connectivity index (χ4v) is 2.99. The number of methoxy groups -OCH3 is 1. The lowest BCUT2D eigenvalue weighted by Gasteiger charge is -2.19. The van der Waals surface area contributed by atoms with Crippen LogP contribution in [0.15, 0.2) is 48.5 Å². The lowest BCUT2D eigenvalue weighted by Crippen LogP contribution is -2.32. The van der Waals surface area contributed by atoms with Crippen LogP contribution in [0.5, 0.6) is 5.75 Å². The third kappa shape index (κ3) is 3.96. The van der Waals surface area contributed by atoms with Crippen molar-refractivity contribution in [2.75, 3.05) is 29.2 Å². The molecule has 2 aromatic carbocycles. The Labute approximate surface area is 153 Å². The summed E-state index contributed by atoms with van der Waals surface area (Å²) in [7, 11) is 1.57. The number of anilines is 3. The number of amides is 2. The van der Waals surface area contributed by atoms with E-state index < -0.39 is 6.04 Å². The number of carbonyl (C=O) groups is 2. The molecule has 1 saturated heterocycles. The maximum absolute atomic E-state index is 12.5. The first-order valence-electron chi connectivity index (χ1n) is 8.69. The number of rotatable bonds is 6. The van der Waals surface area contributed by atoms with Gasteiger partial charge in [0.2, 0.25) is 11.8 Å². The number of hydrogen-bond acceptors (Lipinski definition) is 4. The van der Waals surface area contributed by atoms with Crippen LogP contribution in [0.4, 0.5) is 17.1 Å². The highest BCUT2D eigenvalue weighted by Crippen LogP contribution is 2.25. The molecule has 136 valence electrons. The van der Waals surface area contributed by atoms with Crippen molar-refractivity contribution in [3.63, 3.8) is 0 Å². The summed E-state index contributed by atoms with van der Waals surface area (Å²) >= 11 is 0. The third-order valence-corrected chi connectivity index (χ3v) is 4.37. The summed E-state index contributed by atoms with van der Waals surface area (Å²) < 4.78 is 5.25. The van der Waals surface area contributed by atoms with E-state index >= 15 is 0 Å². The van der Waals surface area contributed by atoms with Gasteiger partial charge in [0.05, 0.1) is 12.8 Å². The first kappa shape index (κ1) is 17.8. The van der Waals surface area contributed by atoms with Gasteiger partial charge in [0.1, 0.15) is 11.8 Å². The molecule has 1 fully saturated rings. The van der Waals surface area contributed by atoms with E-state index in [0.717, 1.165) is 24.3 Å². The molecule has 6 nitrogen and oxygen atoms in total. The molecule has 0 aromatic heterocycles. The van der Waals surface area contributed by atoms with Crippen molar-refractivity contribution in [3.05, 3.63) is 48.5 Å². The van der Waals surface area contributed by atoms with Crippen molar-refractivity contribution in [1.29, 1.82) is 0 Å². The molecule has 0 aliphatic carbocycles. The summed E-state index contributed by atoms with van der Waals surface area (Å²) in [4.78, 5) is 26.2. The Kier molecular flexibility index (Phi) is 5.41. The third-order valence-electron chi connectivity index (χ3n) is 4.37. The van der Waals surface area contributed by atoms with Gasteiger partial charge in [0.15, 0.2) is 0 Å². The first-order chi connectivity index (χ1) is 12.6. The monoisotopic (exact) mass is 353 g/mol. The molecule has 0 bridgehead atoms. The molecular formula is C20H23N3O3. The number of nitrogens with zero attached hydrogens (tertiary/aromatic N) is 1. The number of benzene rings is 2. The van der Waals surface area contributed by atoms with E-state index in [0.29, 0.717) is 17.9 Å². The van der Waals surface area contributed by atoms with Gasteiger partial charge in [-0.15, -0.1) is 0 Å². The van der Waals surface area contributed by atoms with Crippen molar-refractivity contribution < 1.29 is 14.3 Å². The molecule has 1 heterocycles. The zero-order valence-corrected chi connectivity index (χ0v) is 15.0. The van der Waals surface area contributed by atoms with Gasteiger partial charge in [0, 0.05) is 24.3 Å². The zero-order chi connectivity index (χ0) is 18.5. The molecule has 2 aromatic rings. The predicted molar refractivity (Wildman–Crippen MR) is 103 cm³/mol. The Hall–Kier alpha value is -3.02. The van der Waals surface area contributed by atoms with E-state index in [1.54, 1.807) is 31.1 Å². The van der Waals surface area contributed by atoms with Crippen LogP contribution >= 0.6 is 0 Å². The van der Waals surface area contributed by atoms with Gasteiger partial charge in [0.25, 0.3) is 0 Å². The van der Waals surface area contributed by atoms with Crippen LogP contribution in [-0.2, 0) is 9.59 Å². The minimum atomic E-state index is -0.454. The normalized spacial score (nSPS) is 14.8. The molecule has 0 spiro atoms. The number of nitrogens with one attached hydrogen (secondary N) is 2. The molecule has 1 aliphatic rings. The van der Waals surface area contributed by atoms with E-state index in [9.17, 15) is 9.59 Å². The number of carbonyl (C=O) groups excluding carboxylic acids is 2. The van der Waals surface area contributed by atoms with Gasteiger partial charge < -0.3 is 20.3 Å². The summed E-state index contributed by atoms with van der Waals surface area (Å²) in [5.41, 5.74) is 2.28. The number of hydrogen-bond donors (Lipinski definition) is 2. The topological polar surface area (TPSA) is 70.7 Å². The molecule has 2 N–H and O–H groups in total. The average Bonchev–Trinajstić information content (AvgIpc) is 3.08. The number of ether oxygens (including phenoxy) is 1.